The number of carbonyl (C=O) groups is 1. The van der Waals surface area contributed by atoms with E-state index in [4.69, 9.17) is 9.15 Å². The summed E-state index contributed by atoms with van der Waals surface area (Å²) in [6, 6.07) is 22.6. The fourth-order valence-electron chi connectivity index (χ4n) is 3.13. The van der Waals surface area contributed by atoms with Crippen LogP contribution in [0.5, 0.6) is 5.75 Å². The number of nitrogens with zero attached hydrogens (tertiary/aromatic N) is 2. The van der Waals surface area contributed by atoms with E-state index in [1.54, 1.807) is 31.4 Å². The predicted molar refractivity (Wildman–Crippen MR) is 114 cm³/mol. The average Bonchev–Trinajstić information content (AvgIpc) is 3.28. The van der Waals surface area contributed by atoms with Gasteiger partial charge in [0, 0.05) is 28.8 Å². The fourth-order valence-corrected chi connectivity index (χ4v) is 3.13. The zero-order valence-electron chi connectivity index (χ0n) is 16.8. The molecule has 0 saturated carbocycles. The first-order valence-electron chi connectivity index (χ1n) is 9.55. The molecule has 4 aromatic rings. The molecule has 1 amide bonds. The molecule has 4 rings (SSSR count). The van der Waals surface area contributed by atoms with Crippen molar-refractivity contribution in [1.29, 1.82) is 0 Å². The maximum absolute atomic E-state index is 12.5. The Morgan fingerprint density at radius 1 is 0.933 bits per heavy atom. The topological polar surface area (TPSA) is 77.2 Å². The summed E-state index contributed by atoms with van der Waals surface area (Å²) in [6.45, 7) is 2.40. The molecule has 0 radical (unpaired) electrons. The number of nitrogens with one attached hydrogen (secondary N) is 1. The van der Waals surface area contributed by atoms with Crippen molar-refractivity contribution in [2.75, 3.05) is 7.11 Å². The molecule has 1 N–H and O–H groups in total. The number of benzene rings is 3. The van der Waals surface area contributed by atoms with Gasteiger partial charge in [0.15, 0.2) is 0 Å². The van der Waals surface area contributed by atoms with Gasteiger partial charge in [0.05, 0.1) is 7.11 Å². The van der Waals surface area contributed by atoms with Gasteiger partial charge < -0.3 is 14.5 Å². The van der Waals surface area contributed by atoms with E-state index < -0.39 is 0 Å². The van der Waals surface area contributed by atoms with Crippen LogP contribution in [0.25, 0.3) is 22.9 Å². The maximum Gasteiger partial charge on any atom is 0.251 e. The Hall–Kier alpha value is -3.93. The zero-order valence-corrected chi connectivity index (χ0v) is 16.8. The molecule has 0 aliphatic rings. The number of ether oxygens (including phenoxy) is 1. The Bertz CT molecular complexity index is 1170. The number of carbonyl (C=O) groups excluding carboxylic acids is 1. The summed E-state index contributed by atoms with van der Waals surface area (Å²) < 4.78 is 11.1. The van der Waals surface area contributed by atoms with Crippen LogP contribution >= 0.6 is 0 Å². The number of para-hydroxylation sites is 1. The van der Waals surface area contributed by atoms with Gasteiger partial charge in [-0.25, -0.2) is 0 Å². The standard InChI is InChI=1S/C24H21N3O3/c1-16-6-5-8-19(14-16)24-27-26-23(30-24)18-12-10-17(11-13-18)22(28)25-15-20-7-3-4-9-21(20)29-2/h3-14H,15H2,1-2H3,(H,25,28). The van der Waals surface area contributed by atoms with Crippen LogP contribution in [-0.2, 0) is 6.54 Å². The van der Waals surface area contributed by atoms with Gasteiger partial charge in [0.1, 0.15) is 5.75 Å². The summed E-state index contributed by atoms with van der Waals surface area (Å²) in [7, 11) is 1.61. The van der Waals surface area contributed by atoms with Crippen LogP contribution in [0.3, 0.4) is 0 Å². The fraction of sp³-hybridized carbons (Fsp3) is 0.125. The lowest BCUT2D eigenvalue weighted by Crippen LogP contribution is -2.22. The smallest absolute Gasteiger partial charge is 0.251 e. The Kier molecular flexibility index (Phi) is 5.57. The molecule has 3 aromatic carbocycles. The molecule has 0 fully saturated rings. The number of aromatic nitrogens is 2. The first-order valence-corrected chi connectivity index (χ1v) is 9.55. The van der Waals surface area contributed by atoms with Crippen molar-refractivity contribution in [2.45, 2.75) is 13.5 Å². The Labute approximate surface area is 174 Å². The van der Waals surface area contributed by atoms with Crippen molar-refractivity contribution < 1.29 is 13.9 Å². The van der Waals surface area contributed by atoms with Gasteiger partial charge in [0.2, 0.25) is 11.8 Å². The van der Waals surface area contributed by atoms with E-state index in [1.807, 2.05) is 55.5 Å². The highest BCUT2D eigenvalue weighted by molar-refractivity contribution is 5.94. The van der Waals surface area contributed by atoms with Gasteiger partial charge >= 0.3 is 0 Å². The zero-order chi connectivity index (χ0) is 20.9. The summed E-state index contributed by atoms with van der Waals surface area (Å²) in [5, 5.41) is 11.2. The van der Waals surface area contributed by atoms with Crippen LogP contribution in [-0.4, -0.2) is 23.2 Å². The molecular formula is C24H21N3O3. The van der Waals surface area contributed by atoms with E-state index in [9.17, 15) is 4.79 Å². The number of hydrogen-bond donors (Lipinski definition) is 1. The van der Waals surface area contributed by atoms with Crippen molar-refractivity contribution in [1.82, 2.24) is 15.5 Å². The van der Waals surface area contributed by atoms with Gasteiger partial charge in [-0.1, -0.05) is 35.9 Å². The summed E-state index contributed by atoms with van der Waals surface area (Å²) >= 11 is 0. The molecule has 6 nitrogen and oxygen atoms in total. The van der Waals surface area contributed by atoms with Gasteiger partial charge in [-0.2, -0.15) is 0 Å². The number of methoxy groups -OCH3 is 1. The first kappa shape index (κ1) is 19.4. The maximum atomic E-state index is 12.5. The van der Waals surface area contributed by atoms with Crippen molar-refractivity contribution in [3.63, 3.8) is 0 Å². The van der Waals surface area contributed by atoms with Crippen LogP contribution in [0, 0.1) is 6.92 Å². The minimum Gasteiger partial charge on any atom is -0.496 e. The van der Waals surface area contributed by atoms with E-state index in [1.165, 1.54) is 0 Å². The van der Waals surface area contributed by atoms with E-state index in [0.29, 0.717) is 23.9 Å². The highest BCUT2D eigenvalue weighted by atomic mass is 16.5. The first-order chi connectivity index (χ1) is 14.6. The second-order valence-electron chi connectivity index (χ2n) is 6.85. The van der Waals surface area contributed by atoms with Crippen LogP contribution in [0.4, 0.5) is 0 Å². The van der Waals surface area contributed by atoms with Crippen molar-refractivity contribution in [2.24, 2.45) is 0 Å². The molecule has 0 spiro atoms. The summed E-state index contributed by atoms with van der Waals surface area (Å²) in [5.74, 6) is 1.45. The molecule has 0 aliphatic carbocycles. The quantitative estimate of drug-likeness (QED) is 0.511. The van der Waals surface area contributed by atoms with Crippen molar-refractivity contribution in [3.8, 4) is 28.7 Å². The van der Waals surface area contributed by atoms with Gasteiger partial charge in [-0.05, 0) is 49.4 Å². The molecule has 1 aromatic heterocycles. The molecular weight excluding hydrogens is 378 g/mol. The van der Waals surface area contributed by atoms with Crippen molar-refractivity contribution in [3.05, 3.63) is 89.5 Å². The third kappa shape index (κ3) is 4.22. The highest BCUT2D eigenvalue weighted by Gasteiger charge is 2.12. The second-order valence-corrected chi connectivity index (χ2v) is 6.85. The van der Waals surface area contributed by atoms with E-state index >= 15 is 0 Å². The molecule has 150 valence electrons. The Balaban J connectivity index is 1.44. The van der Waals surface area contributed by atoms with E-state index in [0.717, 1.165) is 28.0 Å². The molecule has 0 aliphatic heterocycles. The summed E-state index contributed by atoms with van der Waals surface area (Å²) in [4.78, 5) is 12.5. The number of amides is 1. The van der Waals surface area contributed by atoms with Crippen LogP contribution < -0.4 is 10.1 Å². The predicted octanol–water partition coefficient (Wildman–Crippen LogP) is 4.65. The van der Waals surface area contributed by atoms with E-state index in [2.05, 4.69) is 15.5 Å². The van der Waals surface area contributed by atoms with Crippen LogP contribution in [0.2, 0.25) is 0 Å². The Morgan fingerprint density at radius 3 is 2.40 bits per heavy atom. The van der Waals surface area contributed by atoms with E-state index in [-0.39, 0.29) is 5.91 Å². The average molecular weight is 399 g/mol. The van der Waals surface area contributed by atoms with Gasteiger partial charge in [-0.15, -0.1) is 10.2 Å². The molecule has 0 atom stereocenters. The van der Waals surface area contributed by atoms with Crippen LogP contribution in [0.1, 0.15) is 21.5 Å². The molecule has 0 bridgehead atoms. The normalized spacial score (nSPS) is 10.6. The molecule has 0 unspecified atom stereocenters. The molecule has 0 saturated heterocycles. The largest absolute Gasteiger partial charge is 0.496 e. The number of hydrogen-bond acceptors (Lipinski definition) is 5. The number of aryl methyl sites for hydroxylation is 1. The number of rotatable bonds is 6. The molecule has 6 heteroatoms. The van der Waals surface area contributed by atoms with Gasteiger partial charge in [-0.3, -0.25) is 4.79 Å². The monoisotopic (exact) mass is 399 g/mol. The third-order valence-corrected chi connectivity index (χ3v) is 4.72. The Morgan fingerprint density at radius 2 is 1.67 bits per heavy atom. The minimum atomic E-state index is -0.168. The lowest BCUT2D eigenvalue weighted by atomic mass is 10.1. The van der Waals surface area contributed by atoms with Crippen LogP contribution in [0.15, 0.2) is 77.2 Å². The van der Waals surface area contributed by atoms with Gasteiger partial charge in [0.25, 0.3) is 5.91 Å². The second kappa shape index (κ2) is 8.61. The highest BCUT2D eigenvalue weighted by Crippen LogP contribution is 2.24. The lowest BCUT2D eigenvalue weighted by Gasteiger charge is -2.09. The summed E-state index contributed by atoms with van der Waals surface area (Å²) in [6.07, 6.45) is 0. The lowest BCUT2D eigenvalue weighted by molar-refractivity contribution is 0.0950. The molecule has 1 heterocycles. The SMILES string of the molecule is COc1ccccc1CNC(=O)c1ccc(-c2nnc(-c3cccc(C)c3)o2)cc1. The molecule has 30 heavy (non-hydrogen) atoms. The minimum absolute atomic E-state index is 0.168. The van der Waals surface area contributed by atoms with Crippen molar-refractivity contribution >= 4 is 5.91 Å². The summed E-state index contributed by atoms with van der Waals surface area (Å²) in [5.41, 5.74) is 4.21. The third-order valence-electron chi connectivity index (χ3n) is 4.72.